The van der Waals surface area contributed by atoms with Gasteiger partial charge in [-0.15, -0.1) is 0 Å². The van der Waals surface area contributed by atoms with Crippen LogP contribution in [-0.2, 0) is 26.0 Å². The largest absolute Gasteiger partial charge is 0.417 e. The standard InChI is InChI=1S/C12H13ClF3NO4S2/c1-17(8-4-5-22(18,19)7-8)23(20,21)9-2-3-11(13)10(6-9)12(14,15)16/h2-3,6,8H,4-5,7H2,1H3. The fourth-order valence-electron chi connectivity index (χ4n) is 2.31. The summed E-state index contributed by atoms with van der Waals surface area (Å²) in [7, 11) is -6.43. The van der Waals surface area contributed by atoms with Gasteiger partial charge in [0.25, 0.3) is 0 Å². The van der Waals surface area contributed by atoms with Crippen LogP contribution in [-0.4, -0.2) is 45.7 Å². The number of halogens is 4. The van der Waals surface area contributed by atoms with Gasteiger partial charge in [-0.1, -0.05) is 11.6 Å². The van der Waals surface area contributed by atoms with E-state index >= 15 is 0 Å². The smallest absolute Gasteiger partial charge is 0.229 e. The first kappa shape index (κ1) is 18.5. The van der Waals surface area contributed by atoms with Crippen LogP contribution in [0.4, 0.5) is 13.2 Å². The molecule has 1 unspecified atom stereocenters. The molecule has 1 aliphatic rings. The van der Waals surface area contributed by atoms with E-state index in [0.29, 0.717) is 6.07 Å². The number of hydrogen-bond donors (Lipinski definition) is 0. The third-order valence-corrected chi connectivity index (χ3v) is 7.63. The van der Waals surface area contributed by atoms with E-state index in [4.69, 9.17) is 11.6 Å². The van der Waals surface area contributed by atoms with Gasteiger partial charge in [-0.3, -0.25) is 0 Å². The molecule has 23 heavy (non-hydrogen) atoms. The lowest BCUT2D eigenvalue weighted by Gasteiger charge is -2.23. The van der Waals surface area contributed by atoms with Gasteiger partial charge in [-0.2, -0.15) is 17.5 Å². The number of benzene rings is 1. The Kier molecular flexibility index (Phi) is 4.75. The molecule has 1 heterocycles. The average Bonchev–Trinajstić information content (AvgIpc) is 2.77. The van der Waals surface area contributed by atoms with Gasteiger partial charge in [0, 0.05) is 13.1 Å². The van der Waals surface area contributed by atoms with Gasteiger partial charge in [-0.05, 0) is 24.6 Å². The van der Waals surface area contributed by atoms with Crippen LogP contribution in [0.3, 0.4) is 0 Å². The molecule has 0 saturated carbocycles. The molecule has 1 aromatic rings. The molecule has 0 amide bonds. The molecular formula is C12H13ClF3NO4S2. The van der Waals surface area contributed by atoms with E-state index in [1.807, 2.05) is 0 Å². The molecule has 5 nitrogen and oxygen atoms in total. The minimum atomic E-state index is -4.79. The van der Waals surface area contributed by atoms with Gasteiger partial charge in [0.2, 0.25) is 10.0 Å². The maximum absolute atomic E-state index is 12.8. The van der Waals surface area contributed by atoms with E-state index in [1.165, 1.54) is 0 Å². The van der Waals surface area contributed by atoms with Gasteiger partial charge in [0.1, 0.15) is 0 Å². The number of rotatable bonds is 3. The lowest BCUT2D eigenvalue weighted by Crippen LogP contribution is -2.37. The van der Waals surface area contributed by atoms with Crippen LogP contribution in [0.25, 0.3) is 0 Å². The summed E-state index contributed by atoms with van der Waals surface area (Å²) in [5.41, 5.74) is -1.26. The first-order valence-electron chi connectivity index (χ1n) is 6.40. The van der Waals surface area contributed by atoms with Crippen molar-refractivity contribution in [3.63, 3.8) is 0 Å². The normalized spacial score (nSPS) is 21.7. The fraction of sp³-hybridized carbons (Fsp3) is 0.500. The molecule has 0 N–H and O–H groups in total. The van der Waals surface area contributed by atoms with Crippen LogP contribution in [0.2, 0.25) is 5.02 Å². The molecular weight excluding hydrogens is 379 g/mol. The van der Waals surface area contributed by atoms with Crippen molar-refractivity contribution in [2.24, 2.45) is 0 Å². The summed E-state index contributed by atoms with van der Waals surface area (Å²) in [5.74, 6) is -0.492. The first-order valence-corrected chi connectivity index (χ1v) is 10.0. The van der Waals surface area contributed by atoms with Gasteiger partial charge < -0.3 is 0 Å². The molecule has 0 aliphatic carbocycles. The Balaban J connectivity index is 2.41. The summed E-state index contributed by atoms with van der Waals surface area (Å²) in [4.78, 5) is -0.582. The highest BCUT2D eigenvalue weighted by molar-refractivity contribution is 7.92. The number of hydrogen-bond acceptors (Lipinski definition) is 4. The van der Waals surface area contributed by atoms with Crippen molar-refractivity contribution < 1.29 is 30.0 Å². The maximum atomic E-state index is 12.8. The van der Waals surface area contributed by atoms with Gasteiger partial charge in [0.05, 0.1) is 27.0 Å². The molecule has 130 valence electrons. The Morgan fingerprint density at radius 2 is 1.91 bits per heavy atom. The van der Waals surface area contributed by atoms with Crippen molar-refractivity contribution >= 4 is 31.5 Å². The lowest BCUT2D eigenvalue weighted by atomic mass is 10.2. The Hall–Kier alpha value is -0.840. The summed E-state index contributed by atoms with van der Waals surface area (Å²) in [6.45, 7) is 0. The number of nitrogens with zero attached hydrogens (tertiary/aromatic N) is 1. The molecule has 1 saturated heterocycles. The van der Waals surface area contributed by atoms with E-state index in [9.17, 15) is 30.0 Å². The van der Waals surface area contributed by atoms with Crippen molar-refractivity contribution in [1.82, 2.24) is 4.31 Å². The van der Waals surface area contributed by atoms with Gasteiger partial charge in [0.15, 0.2) is 9.84 Å². The SMILES string of the molecule is CN(C1CCS(=O)(=O)C1)S(=O)(=O)c1ccc(Cl)c(C(F)(F)F)c1. The molecule has 1 fully saturated rings. The zero-order valence-electron chi connectivity index (χ0n) is 11.8. The monoisotopic (exact) mass is 391 g/mol. The van der Waals surface area contributed by atoms with Crippen molar-refractivity contribution in [2.45, 2.75) is 23.5 Å². The molecule has 2 rings (SSSR count). The lowest BCUT2D eigenvalue weighted by molar-refractivity contribution is -0.137. The second-order valence-corrected chi connectivity index (χ2v) is 9.85. The van der Waals surface area contributed by atoms with Crippen LogP contribution in [0.1, 0.15) is 12.0 Å². The highest BCUT2D eigenvalue weighted by Crippen LogP contribution is 2.36. The molecule has 0 bridgehead atoms. The van der Waals surface area contributed by atoms with Crippen molar-refractivity contribution in [3.05, 3.63) is 28.8 Å². The number of alkyl halides is 3. The Bertz CT molecular complexity index is 821. The van der Waals surface area contributed by atoms with Crippen LogP contribution in [0.5, 0.6) is 0 Å². The molecule has 0 spiro atoms. The van der Waals surface area contributed by atoms with Crippen molar-refractivity contribution in [3.8, 4) is 0 Å². The zero-order valence-corrected chi connectivity index (χ0v) is 14.2. The average molecular weight is 392 g/mol. The predicted octanol–water partition coefficient (Wildman–Crippen LogP) is 2.17. The fourth-order valence-corrected chi connectivity index (χ4v) is 5.81. The van der Waals surface area contributed by atoms with Crippen LogP contribution < -0.4 is 0 Å². The molecule has 11 heteroatoms. The predicted molar refractivity (Wildman–Crippen MR) is 78.5 cm³/mol. The van der Waals surface area contributed by atoms with Crippen LogP contribution >= 0.6 is 11.6 Å². The Labute approximate surface area is 137 Å². The van der Waals surface area contributed by atoms with E-state index in [1.54, 1.807) is 0 Å². The van der Waals surface area contributed by atoms with E-state index in [-0.39, 0.29) is 17.9 Å². The third-order valence-electron chi connectivity index (χ3n) is 3.64. The second-order valence-electron chi connectivity index (χ2n) is 5.22. The highest BCUT2D eigenvalue weighted by atomic mass is 35.5. The number of sulfone groups is 1. The quantitative estimate of drug-likeness (QED) is 0.791. The molecule has 0 aromatic heterocycles. The van der Waals surface area contributed by atoms with E-state index in [2.05, 4.69) is 0 Å². The third kappa shape index (κ3) is 3.81. The van der Waals surface area contributed by atoms with E-state index in [0.717, 1.165) is 23.5 Å². The minimum Gasteiger partial charge on any atom is -0.229 e. The molecule has 1 aromatic carbocycles. The summed E-state index contributed by atoms with van der Waals surface area (Å²) >= 11 is 5.47. The van der Waals surface area contributed by atoms with Gasteiger partial charge in [-0.25, -0.2) is 16.8 Å². The van der Waals surface area contributed by atoms with E-state index < -0.39 is 47.6 Å². The second kappa shape index (κ2) is 5.91. The van der Waals surface area contributed by atoms with Crippen LogP contribution in [0.15, 0.2) is 23.1 Å². The highest BCUT2D eigenvalue weighted by Gasteiger charge is 2.38. The minimum absolute atomic E-state index is 0.109. The summed E-state index contributed by atoms with van der Waals surface area (Å²) < 4.78 is 87.1. The zero-order chi connectivity index (χ0) is 17.6. The Morgan fingerprint density at radius 3 is 2.39 bits per heavy atom. The van der Waals surface area contributed by atoms with Crippen molar-refractivity contribution in [1.29, 1.82) is 0 Å². The molecule has 1 aliphatic heterocycles. The Morgan fingerprint density at radius 1 is 1.30 bits per heavy atom. The topological polar surface area (TPSA) is 71.5 Å². The summed E-state index contributed by atoms with van der Waals surface area (Å²) in [6, 6.07) is 1.48. The summed E-state index contributed by atoms with van der Waals surface area (Å²) in [5, 5.41) is -0.609. The first-order chi connectivity index (χ1) is 10.3. The summed E-state index contributed by atoms with van der Waals surface area (Å²) in [6.07, 6.45) is -4.68. The maximum Gasteiger partial charge on any atom is 0.417 e. The molecule has 1 atom stereocenters. The van der Waals surface area contributed by atoms with Gasteiger partial charge >= 0.3 is 6.18 Å². The van der Waals surface area contributed by atoms with Crippen molar-refractivity contribution in [2.75, 3.05) is 18.6 Å². The van der Waals surface area contributed by atoms with Crippen LogP contribution in [0, 0.1) is 0 Å². The number of sulfonamides is 1. The molecule has 0 radical (unpaired) electrons.